The van der Waals surface area contributed by atoms with Gasteiger partial charge in [0.2, 0.25) is 5.91 Å². The van der Waals surface area contributed by atoms with Crippen LogP contribution in [0.15, 0.2) is 23.2 Å². The molecule has 198 valence electrons. The van der Waals surface area contributed by atoms with E-state index in [1.54, 1.807) is 12.1 Å². The van der Waals surface area contributed by atoms with Gasteiger partial charge in [0.1, 0.15) is 10.6 Å². The number of fused-ring (bicyclic) bond motifs is 1. The van der Waals surface area contributed by atoms with Crippen LogP contribution in [0.2, 0.25) is 0 Å². The number of nitrogens with one attached hydrogen (secondary N) is 3. The lowest BCUT2D eigenvalue weighted by Gasteiger charge is -2.42. The zero-order valence-electron chi connectivity index (χ0n) is 20.6. The van der Waals surface area contributed by atoms with E-state index in [-0.39, 0.29) is 17.9 Å². The van der Waals surface area contributed by atoms with Gasteiger partial charge in [-0.15, -0.1) is 4.72 Å². The van der Waals surface area contributed by atoms with Crippen molar-refractivity contribution in [2.45, 2.75) is 56.5 Å². The summed E-state index contributed by atoms with van der Waals surface area (Å²) >= 11 is -1.47. The summed E-state index contributed by atoms with van der Waals surface area (Å²) in [7, 11) is 0. The minimum absolute atomic E-state index is 0.0716. The van der Waals surface area contributed by atoms with Gasteiger partial charge in [0.15, 0.2) is 10.1 Å². The number of hydrogen-bond acceptors (Lipinski definition) is 9. The van der Waals surface area contributed by atoms with Crippen LogP contribution in [0.4, 0.5) is 14.5 Å². The van der Waals surface area contributed by atoms with Gasteiger partial charge in [-0.05, 0) is 31.5 Å². The van der Waals surface area contributed by atoms with Crippen LogP contribution >= 0.6 is 11.8 Å². The molecule has 14 heteroatoms. The smallest absolute Gasteiger partial charge is 0.286 e. The predicted molar refractivity (Wildman–Crippen MR) is 140 cm³/mol. The summed E-state index contributed by atoms with van der Waals surface area (Å²) in [4.78, 5) is 16.9. The number of piperazine rings is 1. The highest BCUT2D eigenvalue weighted by molar-refractivity contribution is 8.26. The highest BCUT2D eigenvalue weighted by Gasteiger charge is 2.48. The van der Waals surface area contributed by atoms with Crippen LogP contribution in [0, 0.1) is 28.1 Å². The van der Waals surface area contributed by atoms with E-state index < -0.39 is 33.5 Å². The second-order valence-corrected chi connectivity index (χ2v) is 11.8. The van der Waals surface area contributed by atoms with Crippen molar-refractivity contribution in [2.24, 2.45) is 5.92 Å². The molecule has 37 heavy (non-hydrogen) atoms. The van der Waals surface area contributed by atoms with Crippen molar-refractivity contribution in [1.29, 1.82) is 16.1 Å². The fraction of sp³-hybridized carbons (Fsp3) is 0.522. The van der Waals surface area contributed by atoms with Crippen LogP contribution in [-0.2, 0) is 16.2 Å². The number of nitriles is 1. The summed E-state index contributed by atoms with van der Waals surface area (Å²) in [6.07, 6.45) is -0.326. The van der Waals surface area contributed by atoms with E-state index in [0.717, 1.165) is 4.68 Å². The van der Waals surface area contributed by atoms with Crippen LogP contribution in [0.1, 0.15) is 33.6 Å². The second-order valence-electron chi connectivity index (χ2n) is 9.55. The molecule has 2 aliphatic rings. The topological polar surface area (TPSA) is 148 Å². The van der Waals surface area contributed by atoms with Gasteiger partial charge in [-0.2, -0.15) is 10.4 Å². The number of nitrogens with zero attached hydrogens (tertiary/aromatic N) is 5. The zero-order valence-corrected chi connectivity index (χ0v) is 22.3. The molecule has 0 spiro atoms. The Hall–Kier alpha value is -2.73. The largest absolute Gasteiger partial charge is 0.593 e. The van der Waals surface area contributed by atoms with Crippen LogP contribution in [0.3, 0.4) is 0 Å². The molecule has 2 heterocycles. The van der Waals surface area contributed by atoms with Gasteiger partial charge in [-0.3, -0.25) is 15.6 Å². The summed E-state index contributed by atoms with van der Waals surface area (Å²) in [6, 6.07) is 5.37. The lowest BCUT2D eigenvalue weighted by molar-refractivity contribution is -0.136. The van der Waals surface area contributed by atoms with Gasteiger partial charge in [0.25, 0.3) is 6.43 Å². The van der Waals surface area contributed by atoms with E-state index in [1.165, 1.54) is 6.20 Å². The first-order valence-corrected chi connectivity index (χ1v) is 13.7. The van der Waals surface area contributed by atoms with Crippen molar-refractivity contribution in [3.05, 3.63) is 18.3 Å². The Morgan fingerprint density at radius 1 is 1.35 bits per heavy atom. The van der Waals surface area contributed by atoms with E-state index >= 15 is 0 Å². The zero-order chi connectivity index (χ0) is 27.1. The summed E-state index contributed by atoms with van der Waals surface area (Å²) < 4.78 is 43.1. The van der Waals surface area contributed by atoms with Crippen molar-refractivity contribution in [3.8, 4) is 6.07 Å². The number of thioether (sulfide) groups is 1. The summed E-state index contributed by atoms with van der Waals surface area (Å²) in [5, 5.41) is 28.6. The minimum Gasteiger partial charge on any atom is -0.593 e. The molecule has 1 aliphatic carbocycles. The average Bonchev–Trinajstić information content (AvgIpc) is 3.49. The van der Waals surface area contributed by atoms with E-state index in [4.69, 9.17) is 10.8 Å². The van der Waals surface area contributed by atoms with Gasteiger partial charge in [0, 0.05) is 49.1 Å². The number of carbonyl (C=O) groups is 1. The van der Waals surface area contributed by atoms with Crippen molar-refractivity contribution in [1.82, 2.24) is 19.4 Å². The molecule has 2 atom stereocenters. The number of carbonyl (C=O) groups excluding carboxylic acids is 1. The Morgan fingerprint density at radius 2 is 2.05 bits per heavy atom. The molecule has 3 N–H and O–H groups in total. The quantitative estimate of drug-likeness (QED) is 0.284. The Morgan fingerprint density at radius 3 is 2.62 bits per heavy atom. The highest BCUT2D eigenvalue weighted by Crippen LogP contribution is 2.38. The van der Waals surface area contributed by atoms with Gasteiger partial charge in [-0.1, -0.05) is 13.8 Å². The van der Waals surface area contributed by atoms with E-state index in [0.29, 0.717) is 65.7 Å². The third-order valence-electron chi connectivity index (χ3n) is 6.45. The Balaban J connectivity index is 1.71. The number of aromatic nitrogens is 2. The second kappa shape index (κ2) is 10.6. The number of amides is 1. The van der Waals surface area contributed by atoms with Crippen LogP contribution < -0.4 is 9.62 Å². The number of benzene rings is 1. The first kappa shape index (κ1) is 27.3. The maximum atomic E-state index is 13.2. The maximum absolute atomic E-state index is 13.2. The standard InChI is InChI=1S/C23H28F2N8O2S2/c1-13(2)21(34)32-7-6-31(11-14(32)3)17-8-15(37(35)30-23(12-26)4-5-23)9-18-16(17)10-29-33(18)22(28)36-20(27)19(24)25/h8-10,13-14,19,27-28,30H,4-7,11H2,1-3H3. The molecule has 10 nitrogen and oxygen atoms in total. The minimum atomic E-state index is -3.01. The molecule has 1 aromatic heterocycles. The Kier molecular flexibility index (Phi) is 7.80. The molecule has 1 saturated carbocycles. The molecule has 1 amide bonds. The SMILES string of the molecule is CC(C)C(=O)N1CCN(c2cc([S+]([O-])NC3(C#N)CC3)cc3c2cnn3C(=N)SC(=N)C(F)F)CC1C. The van der Waals surface area contributed by atoms with Gasteiger partial charge < -0.3 is 14.4 Å². The van der Waals surface area contributed by atoms with Gasteiger partial charge in [-0.25, -0.2) is 13.5 Å². The Labute approximate surface area is 220 Å². The molecule has 2 fully saturated rings. The van der Waals surface area contributed by atoms with Crippen molar-refractivity contribution < 1.29 is 18.1 Å². The number of anilines is 1. The molecule has 0 radical (unpaired) electrons. The molecular formula is C23H28F2N8O2S2. The molecular weight excluding hydrogens is 522 g/mol. The fourth-order valence-electron chi connectivity index (χ4n) is 4.24. The van der Waals surface area contributed by atoms with Crippen molar-refractivity contribution >= 4 is 55.8 Å². The molecule has 1 saturated heterocycles. The first-order chi connectivity index (χ1) is 17.5. The normalized spacial score (nSPS) is 19.8. The van der Waals surface area contributed by atoms with E-state index in [2.05, 4.69) is 20.8 Å². The first-order valence-electron chi connectivity index (χ1n) is 11.8. The number of halogens is 2. The number of rotatable bonds is 6. The fourth-order valence-corrected chi connectivity index (χ4v) is 5.93. The van der Waals surface area contributed by atoms with E-state index in [9.17, 15) is 23.4 Å². The predicted octanol–water partition coefficient (Wildman–Crippen LogP) is 3.16. The molecule has 1 aliphatic heterocycles. The lowest BCUT2D eigenvalue weighted by Crippen LogP contribution is -2.55. The summed E-state index contributed by atoms with van der Waals surface area (Å²) in [5.74, 6) is -0.0523. The monoisotopic (exact) mass is 550 g/mol. The van der Waals surface area contributed by atoms with Crippen molar-refractivity contribution in [2.75, 3.05) is 24.5 Å². The van der Waals surface area contributed by atoms with Crippen molar-refractivity contribution in [3.63, 3.8) is 0 Å². The Bertz CT molecular complexity index is 1270. The third kappa shape index (κ3) is 5.59. The molecule has 2 unspecified atom stereocenters. The van der Waals surface area contributed by atoms with Gasteiger partial charge >= 0.3 is 0 Å². The van der Waals surface area contributed by atoms with Crippen LogP contribution in [0.5, 0.6) is 0 Å². The van der Waals surface area contributed by atoms with Gasteiger partial charge in [0.05, 0.1) is 34.8 Å². The number of hydrogen-bond donors (Lipinski definition) is 3. The lowest BCUT2D eigenvalue weighted by atomic mass is 10.1. The summed E-state index contributed by atoms with van der Waals surface area (Å²) in [6.45, 7) is 7.19. The summed E-state index contributed by atoms with van der Waals surface area (Å²) in [5.41, 5.74) is 0.213. The van der Waals surface area contributed by atoms with Crippen LogP contribution in [0.25, 0.3) is 10.9 Å². The average molecular weight is 551 g/mol. The molecule has 1 aromatic carbocycles. The third-order valence-corrected chi connectivity index (χ3v) is 8.45. The number of alkyl halides is 2. The molecule has 0 bridgehead atoms. The molecule has 2 aromatic rings. The highest BCUT2D eigenvalue weighted by atomic mass is 32.2. The van der Waals surface area contributed by atoms with Crippen LogP contribution in [-0.4, -0.2) is 73.0 Å². The molecule has 4 rings (SSSR count). The van der Waals surface area contributed by atoms with E-state index in [1.807, 2.05) is 25.7 Å². The maximum Gasteiger partial charge on any atom is 0.286 e.